The molecule has 1 N–H and O–H groups in total. The van der Waals surface area contributed by atoms with Crippen molar-refractivity contribution in [1.29, 1.82) is 0 Å². The lowest BCUT2D eigenvalue weighted by Gasteiger charge is -2.37. The molecule has 2 aliphatic heterocycles. The first-order chi connectivity index (χ1) is 15.5. The number of nitrogens with zero attached hydrogens (tertiary/aromatic N) is 4. The van der Waals surface area contributed by atoms with Crippen molar-refractivity contribution >= 4 is 46.3 Å². The van der Waals surface area contributed by atoms with Gasteiger partial charge >= 0.3 is 0 Å². The average Bonchev–Trinajstić information content (AvgIpc) is 3.17. The van der Waals surface area contributed by atoms with Gasteiger partial charge in [0, 0.05) is 36.0 Å². The molecule has 1 aromatic heterocycles. The third-order valence-corrected chi connectivity index (χ3v) is 7.41. The predicted octanol–water partition coefficient (Wildman–Crippen LogP) is 6.09. The Morgan fingerprint density at radius 2 is 1.94 bits per heavy atom. The molecular formula is C25H25Cl2N5. The van der Waals surface area contributed by atoms with Crippen molar-refractivity contribution in [2.45, 2.75) is 38.1 Å². The number of hydrogen-bond acceptors (Lipinski definition) is 5. The molecule has 164 valence electrons. The summed E-state index contributed by atoms with van der Waals surface area (Å²) in [5, 5.41) is 4.71. The highest BCUT2D eigenvalue weighted by Gasteiger charge is 2.29. The van der Waals surface area contributed by atoms with Crippen molar-refractivity contribution in [3.05, 3.63) is 68.8 Å². The molecule has 0 saturated heterocycles. The topological polar surface area (TPSA) is 44.3 Å². The third kappa shape index (κ3) is 3.53. The van der Waals surface area contributed by atoms with Crippen LogP contribution in [0.25, 0.3) is 0 Å². The van der Waals surface area contributed by atoms with Crippen LogP contribution in [-0.4, -0.2) is 35.0 Å². The van der Waals surface area contributed by atoms with Crippen LogP contribution in [0, 0.1) is 0 Å². The van der Waals surface area contributed by atoms with Gasteiger partial charge in [0.15, 0.2) is 5.82 Å². The Hall–Kier alpha value is -2.34. The number of benzene rings is 2. The van der Waals surface area contributed by atoms with Crippen LogP contribution in [0.4, 0.5) is 23.1 Å². The first kappa shape index (κ1) is 20.3. The maximum Gasteiger partial charge on any atom is 0.229 e. The van der Waals surface area contributed by atoms with Gasteiger partial charge in [0.05, 0.1) is 6.20 Å². The highest BCUT2D eigenvalue weighted by atomic mass is 35.5. The van der Waals surface area contributed by atoms with Crippen molar-refractivity contribution in [2.24, 2.45) is 0 Å². The van der Waals surface area contributed by atoms with Crippen molar-refractivity contribution in [3.8, 4) is 0 Å². The minimum atomic E-state index is 0.536. The summed E-state index contributed by atoms with van der Waals surface area (Å²) >= 11 is 12.8. The molecule has 1 unspecified atom stereocenters. The minimum absolute atomic E-state index is 0.536. The van der Waals surface area contributed by atoms with E-state index in [1.807, 2.05) is 12.1 Å². The fraction of sp³-hybridized carbons (Fsp3) is 0.360. The van der Waals surface area contributed by atoms with Gasteiger partial charge < -0.3 is 15.1 Å². The number of fused-ring (bicyclic) bond motifs is 1. The Morgan fingerprint density at radius 3 is 2.84 bits per heavy atom. The summed E-state index contributed by atoms with van der Waals surface area (Å²) in [4.78, 5) is 13.8. The van der Waals surface area contributed by atoms with Crippen molar-refractivity contribution in [1.82, 2.24) is 14.9 Å². The lowest BCUT2D eigenvalue weighted by molar-refractivity contribution is 0.266. The third-order valence-electron chi connectivity index (χ3n) is 6.91. The van der Waals surface area contributed by atoms with Crippen LogP contribution in [0.5, 0.6) is 0 Å². The molecule has 1 atom stereocenters. The predicted molar refractivity (Wildman–Crippen MR) is 131 cm³/mol. The van der Waals surface area contributed by atoms with Crippen LogP contribution in [0.1, 0.15) is 41.0 Å². The van der Waals surface area contributed by atoms with E-state index in [2.05, 4.69) is 45.3 Å². The second-order valence-corrected chi connectivity index (χ2v) is 10.0. The standard InChI is InChI=1S/C25H25Cl2N5/c1-31-13-17-4-2-3-16-9-20(10-18(14-31)23(16)17)29-25-28-12-21(27)24(30-25)32-8-7-15-5-6-19(26)11-22(15)32/h5-6,9-12,17H,2-4,7-8,13-14H2,1H3,(H,28,29,30). The summed E-state index contributed by atoms with van der Waals surface area (Å²) in [7, 11) is 2.21. The van der Waals surface area contributed by atoms with E-state index < -0.39 is 0 Å². The van der Waals surface area contributed by atoms with Crippen LogP contribution in [0.15, 0.2) is 36.5 Å². The van der Waals surface area contributed by atoms with Gasteiger partial charge in [-0.25, -0.2) is 4.98 Å². The average molecular weight is 466 g/mol. The molecular weight excluding hydrogens is 441 g/mol. The summed E-state index contributed by atoms with van der Waals surface area (Å²) in [6.07, 6.45) is 6.32. The number of aryl methyl sites for hydroxylation is 1. The SMILES string of the molecule is CN1Cc2cc(Nc3ncc(Cl)c(N4CCc5ccc(Cl)cc54)n3)cc3c2C(CCC3)C1. The van der Waals surface area contributed by atoms with E-state index in [-0.39, 0.29) is 0 Å². The molecule has 5 nitrogen and oxygen atoms in total. The minimum Gasteiger partial charge on any atom is -0.324 e. The molecule has 1 aliphatic carbocycles. The zero-order valence-electron chi connectivity index (χ0n) is 18.0. The lowest BCUT2D eigenvalue weighted by atomic mass is 9.77. The van der Waals surface area contributed by atoms with Crippen LogP contribution >= 0.6 is 23.2 Å². The Labute approximate surface area is 198 Å². The van der Waals surface area contributed by atoms with Gasteiger partial charge in [-0.2, -0.15) is 4.98 Å². The molecule has 6 rings (SSSR count). The van der Waals surface area contributed by atoms with Gasteiger partial charge in [0.1, 0.15) is 5.02 Å². The lowest BCUT2D eigenvalue weighted by Crippen LogP contribution is -2.33. The Morgan fingerprint density at radius 1 is 1.06 bits per heavy atom. The number of halogens is 2. The van der Waals surface area contributed by atoms with E-state index in [0.29, 0.717) is 27.7 Å². The maximum absolute atomic E-state index is 6.53. The van der Waals surface area contributed by atoms with E-state index in [1.165, 1.54) is 29.5 Å². The molecule has 7 heteroatoms. The van der Waals surface area contributed by atoms with Gasteiger partial charge in [0.25, 0.3) is 0 Å². The molecule has 0 spiro atoms. The van der Waals surface area contributed by atoms with Gasteiger partial charge in [-0.3, -0.25) is 0 Å². The van der Waals surface area contributed by atoms with Crippen LogP contribution in [-0.2, 0) is 19.4 Å². The highest BCUT2D eigenvalue weighted by Crippen LogP contribution is 2.41. The largest absolute Gasteiger partial charge is 0.324 e. The second kappa shape index (κ2) is 7.91. The molecule has 0 saturated carbocycles. The second-order valence-electron chi connectivity index (χ2n) is 9.16. The number of rotatable bonds is 3. The number of hydrogen-bond donors (Lipinski definition) is 1. The van der Waals surface area contributed by atoms with Crippen LogP contribution in [0.2, 0.25) is 10.0 Å². The summed E-state index contributed by atoms with van der Waals surface area (Å²) in [5.41, 5.74) is 7.87. The summed E-state index contributed by atoms with van der Waals surface area (Å²) in [6, 6.07) is 10.6. The zero-order valence-corrected chi connectivity index (χ0v) is 19.5. The summed E-state index contributed by atoms with van der Waals surface area (Å²) in [6.45, 7) is 2.98. The van der Waals surface area contributed by atoms with Gasteiger partial charge in [-0.1, -0.05) is 29.3 Å². The molecule has 32 heavy (non-hydrogen) atoms. The Kier molecular flexibility index (Phi) is 5.01. The van der Waals surface area contributed by atoms with Gasteiger partial charge in [-0.05, 0) is 85.2 Å². The van der Waals surface area contributed by atoms with E-state index in [0.717, 1.165) is 43.9 Å². The van der Waals surface area contributed by atoms with E-state index in [9.17, 15) is 0 Å². The number of likely N-dealkylation sites (N-methyl/N-ethyl adjacent to an activating group) is 1. The molecule has 0 fully saturated rings. The van der Waals surface area contributed by atoms with E-state index in [4.69, 9.17) is 28.2 Å². The van der Waals surface area contributed by atoms with E-state index >= 15 is 0 Å². The molecule has 2 aromatic carbocycles. The monoisotopic (exact) mass is 465 g/mol. The molecule has 3 aliphatic rings. The highest BCUT2D eigenvalue weighted by molar-refractivity contribution is 6.33. The zero-order chi connectivity index (χ0) is 21.8. The fourth-order valence-electron chi connectivity index (χ4n) is 5.62. The molecule has 3 aromatic rings. The van der Waals surface area contributed by atoms with Gasteiger partial charge in [0.2, 0.25) is 5.95 Å². The molecule has 0 amide bonds. The normalized spacial score (nSPS) is 19.6. The van der Waals surface area contributed by atoms with Crippen LogP contribution < -0.4 is 10.2 Å². The molecule has 0 radical (unpaired) electrons. The van der Waals surface area contributed by atoms with Gasteiger partial charge in [-0.15, -0.1) is 0 Å². The summed E-state index contributed by atoms with van der Waals surface area (Å²) < 4.78 is 0. The first-order valence-electron chi connectivity index (χ1n) is 11.2. The Bertz CT molecular complexity index is 1210. The van der Waals surface area contributed by atoms with Crippen molar-refractivity contribution < 1.29 is 0 Å². The van der Waals surface area contributed by atoms with Crippen molar-refractivity contribution in [2.75, 3.05) is 30.4 Å². The number of anilines is 4. The molecule has 0 bridgehead atoms. The maximum atomic E-state index is 6.53. The van der Waals surface area contributed by atoms with Crippen LogP contribution in [0.3, 0.4) is 0 Å². The number of nitrogens with one attached hydrogen (secondary N) is 1. The van der Waals surface area contributed by atoms with Crippen molar-refractivity contribution in [3.63, 3.8) is 0 Å². The first-order valence-corrected chi connectivity index (χ1v) is 12.0. The quantitative estimate of drug-likeness (QED) is 0.507. The number of aromatic nitrogens is 2. The molecule has 3 heterocycles. The summed E-state index contributed by atoms with van der Waals surface area (Å²) in [5.74, 6) is 1.94. The smallest absolute Gasteiger partial charge is 0.229 e. The fourth-order valence-corrected chi connectivity index (χ4v) is 5.98. The van der Waals surface area contributed by atoms with E-state index in [1.54, 1.807) is 11.8 Å². The Balaban J connectivity index is 1.34.